The van der Waals surface area contributed by atoms with Crippen LogP contribution in [0.25, 0.3) is 6.08 Å². The average Bonchev–Trinajstić information content (AvgIpc) is 2.90. The van der Waals surface area contributed by atoms with E-state index in [2.05, 4.69) is 29.5 Å². The van der Waals surface area contributed by atoms with Crippen LogP contribution >= 0.6 is 0 Å². The zero-order valence-electron chi connectivity index (χ0n) is 22.0. The van der Waals surface area contributed by atoms with Crippen LogP contribution in [0.5, 0.6) is 0 Å². The lowest BCUT2D eigenvalue weighted by Gasteiger charge is -2.39. The number of anilines is 1. The van der Waals surface area contributed by atoms with Crippen LogP contribution < -0.4 is 5.32 Å². The quantitative estimate of drug-likeness (QED) is 0.304. The van der Waals surface area contributed by atoms with Gasteiger partial charge in [0.15, 0.2) is 5.78 Å². The smallest absolute Gasteiger partial charge is 0.245 e. The van der Waals surface area contributed by atoms with Gasteiger partial charge in [-0.25, -0.2) is 4.98 Å². The number of Topliss-reactive ketones (excluding diaryl/α,β-unsaturated/α-hetero) is 1. The molecule has 1 atom stereocenters. The Labute approximate surface area is 220 Å². The minimum absolute atomic E-state index is 0.0228. The van der Waals surface area contributed by atoms with Gasteiger partial charge >= 0.3 is 0 Å². The standard InChI is InChI=1S/C31H39N3O3/c1-4-25(14-9-21-7-11-23(12-8-21)28(35)5-2)33-30-17-27-24(18-32-30)13-16-29(36)26(27)15-10-22-19-34(20-22)31(37)6-3/h4,6,13-14,16-18,21-23,26H,1,3,5,7-12,15,19-20H2,2H3,(H,32,33)/b25-14+. The zero-order valence-corrected chi connectivity index (χ0v) is 22.0. The van der Waals surface area contributed by atoms with Crippen molar-refractivity contribution in [2.75, 3.05) is 18.4 Å². The first-order valence-corrected chi connectivity index (χ1v) is 13.7. The number of fused-ring (bicyclic) bond motifs is 1. The van der Waals surface area contributed by atoms with Crippen molar-refractivity contribution in [3.8, 4) is 0 Å². The van der Waals surface area contributed by atoms with Crippen LogP contribution in [-0.4, -0.2) is 40.4 Å². The average molecular weight is 502 g/mol. The topological polar surface area (TPSA) is 79.4 Å². The second kappa shape index (κ2) is 12.3. The number of carbonyl (C=O) groups excluding carboxylic acids is 3. The van der Waals surface area contributed by atoms with E-state index in [-0.39, 0.29) is 23.5 Å². The molecular weight excluding hydrogens is 462 g/mol. The molecular formula is C31H39N3O3. The Kier molecular flexibility index (Phi) is 8.91. The molecule has 6 nitrogen and oxygen atoms in total. The van der Waals surface area contributed by atoms with Gasteiger partial charge in [-0.2, -0.15) is 0 Å². The molecule has 37 heavy (non-hydrogen) atoms. The van der Waals surface area contributed by atoms with Gasteiger partial charge in [-0.15, -0.1) is 0 Å². The molecule has 0 radical (unpaired) electrons. The van der Waals surface area contributed by atoms with E-state index < -0.39 is 0 Å². The Bertz CT molecular complexity index is 1100. The first-order valence-electron chi connectivity index (χ1n) is 13.7. The third-order valence-electron chi connectivity index (χ3n) is 8.24. The summed E-state index contributed by atoms with van der Waals surface area (Å²) in [7, 11) is 0. The lowest BCUT2D eigenvalue weighted by molar-refractivity contribution is -0.132. The lowest BCUT2D eigenvalue weighted by atomic mass is 9.78. The molecule has 1 saturated heterocycles. The molecule has 0 spiro atoms. The molecule has 1 N–H and O–H groups in total. The van der Waals surface area contributed by atoms with E-state index in [1.54, 1.807) is 11.0 Å². The molecule has 0 bridgehead atoms. The maximum atomic E-state index is 12.8. The minimum Gasteiger partial charge on any atom is -0.341 e. The SMILES string of the molecule is C=CC(=O)N1CC(CCC2C(=O)C=Cc3cnc(N/C(C=C)=C/CC4CCC(C(=O)CC)CC4)cc32)C1. The van der Waals surface area contributed by atoms with Crippen LogP contribution in [-0.2, 0) is 14.4 Å². The highest BCUT2D eigenvalue weighted by Crippen LogP contribution is 2.35. The number of amides is 1. The molecule has 1 aliphatic heterocycles. The van der Waals surface area contributed by atoms with Crippen LogP contribution in [0.4, 0.5) is 5.82 Å². The van der Waals surface area contributed by atoms with Crippen molar-refractivity contribution in [3.63, 3.8) is 0 Å². The summed E-state index contributed by atoms with van der Waals surface area (Å²) in [5, 5.41) is 3.39. The first kappa shape index (κ1) is 26.8. The van der Waals surface area contributed by atoms with Gasteiger partial charge in [0.25, 0.3) is 0 Å². The Morgan fingerprint density at radius 2 is 1.84 bits per heavy atom. The number of carbonyl (C=O) groups is 3. The molecule has 2 fully saturated rings. The molecule has 2 aliphatic carbocycles. The van der Waals surface area contributed by atoms with Gasteiger partial charge in [0.05, 0.1) is 0 Å². The number of nitrogens with one attached hydrogen (secondary N) is 1. The van der Waals surface area contributed by atoms with E-state index in [0.717, 1.165) is 74.9 Å². The number of likely N-dealkylation sites (tertiary alicyclic amines) is 1. The molecule has 0 aromatic carbocycles. The number of allylic oxidation sites excluding steroid dienone is 3. The van der Waals surface area contributed by atoms with Crippen molar-refractivity contribution in [2.24, 2.45) is 17.8 Å². The monoisotopic (exact) mass is 501 g/mol. The third-order valence-corrected chi connectivity index (χ3v) is 8.24. The Morgan fingerprint density at radius 1 is 1.08 bits per heavy atom. The number of aromatic nitrogens is 1. The molecule has 1 aromatic heterocycles. The number of pyridine rings is 1. The fourth-order valence-corrected chi connectivity index (χ4v) is 5.83. The highest BCUT2D eigenvalue weighted by atomic mass is 16.2. The van der Waals surface area contributed by atoms with Gasteiger partial charge in [0.1, 0.15) is 11.6 Å². The Morgan fingerprint density at radius 3 is 2.51 bits per heavy atom. The molecule has 4 rings (SSSR count). The largest absolute Gasteiger partial charge is 0.341 e. The normalized spacial score (nSPS) is 23.7. The van der Waals surface area contributed by atoms with Crippen molar-refractivity contribution in [1.29, 1.82) is 0 Å². The van der Waals surface area contributed by atoms with Gasteiger partial charge in [0.2, 0.25) is 5.91 Å². The second-order valence-corrected chi connectivity index (χ2v) is 10.6. The Hall–Kier alpha value is -3.28. The highest BCUT2D eigenvalue weighted by molar-refractivity contribution is 6.02. The summed E-state index contributed by atoms with van der Waals surface area (Å²) in [6.07, 6.45) is 18.1. The molecule has 196 valence electrons. The summed E-state index contributed by atoms with van der Waals surface area (Å²) < 4.78 is 0. The molecule has 1 aromatic rings. The van der Waals surface area contributed by atoms with E-state index in [4.69, 9.17) is 0 Å². The predicted octanol–water partition coefficient (Wildman–Crippen LogP) is 5.84. The molecule has 2 heterocycles. The van der Waals surface area contributed by atoms with Crippen molar-refractivity contribution >= 4 is 29.4 Å². The van der Waals surface area contributed by atoms with Crippen LogP contribution in [0.15, 0.2) is 55.4 Å². The van der Waals surface area contributed by atoms with Crippen molar-refractivity contribution in [2.45, 2.75) is 64.2 Å². The molecule has 3 aliphatic rings. The fourth-order valence-electron chi connectivity index (χ4n) is 5.83. The summed E-state index contributed by atoms with van der Waals surface area (Å²) in [6.45, 7) is 10.9. The number of hydrogen-bond acceptors (Lipinski definition) is 5. The predicted molar refractivity (Wildman–Crippen MR) is 148 cm³/mol. The number of nitrogens with zero attached hydrogens (tertiary/aromatic N) is 2. The van der Waals surface area contributed by atoms with Crippen molar-refractivity contribution in [1.82, 2.24) is 9.88 Å². The zero-order chi connectivity index (χ0) is 26.4. The van der Waals surface area contributed by atoms with Crippen LogP contribution in [0.2, 0.25) is 0 Å². The summed E-state index contributed by atoms with van der Waals surface area (Å²) >= 11 is 0. The van der Waals surface area contributed by atoms with E-state index in [9.17, 15) is 14.4 Å². The van der Waals surface area contributed by atoms with Crippen molar-refractivity contribution in [3.05, 3.63) is 66.5 Å². The molecule has 1 amide bonds. The van der Waals surface area contributed by atoms with Gasteiger partial charge < -0.3 is 10.2 Å². The maximum absolute atomic E-state index is 12.8. The van der Waals surface area contributed by atoms with E-state index in [0.29, 0.717) is 29.9 Å². The molecule has 1 unspecified atom stereocenters. The van der Waals surface area contributed by atoms with Crippen LogP contribution in [0, 0.1) is 17.8 Å². The minimum atomic E-state index is -0.190. The lowest BCUT2D eigenvalue weighted by Crippen LogP contribution is -2.49. The number of ketones is 2. The first-order chi connectivity index (χ1) is 17.9. The van der Waals surface area contributed by atoms with Gasteiger partial charge in [-0.3, -0.25) is 14.4 Å². The molecule has 1 saturated carbocycles. The van der Waals surface area contributed by atoms with E-state index in [1.807, 2.05) is 31.3 Å². The van der Waals surface area contributed by atoms with Gasteiger partial charge in [0, 0.05) is 43.2 Å². The van der Waals surface area contributed by atoms with Gasteiger partial charge in [-0.1, -0.05) is 26.2 Å². The number of rotatable bonds is 11. The maximum Gasteiger partial charge on any atom is 0.245 e. The summed E-state index contributed by atoms with van der Waals surface area (Å²) in [5.41, 5.74) is 2.90. The highest BCUT2D eigenvalue weighted by Gasteiger charge is 2.32. The van der Waals surface area contributed by atoms with E-state index >= 15 is 0 Å². The van der Waals surface area contributed by atoms with Gasteiger partial charge in [-0.05, 0) is 98.3 Å². The Balaban J connectivity index is 1.35. The van der Waals surface area contributed by atoms with E-state index in [1.165, 1.54) is 6.08 Å². The summed E-state index contributed by atoms with van der Waals surface area (Å²) in [6, 6.07) is 1.99. The number of hydrogen-bond donors (Lipinski definition) is 1. The molecule has 6 heteroatoms. The van der Waals surface area contributed by atoms with Crippen molar-refractivity contribution < 1.29 is 14.4 Å². The summed E-state index contributed by atoms with van der Waals surface area (Å²) in [4.78, 5) is 42.9. The van der Waals surface area contributed by atoms with Crippen LogP contribution in [0.3, 0.4) is 0 Å². The summed E-state index contributed by atoms with van der Waals surface area (Å²) in [5.74, 6) is 2.30. The second-order valence-electron chi connectivity index (χ2n) is 10.6. The fraction of sp³-hybridized carbons (Fsp3) is 0.484. The third kappa shape index (κ3) is 6.54. The van der Waals surface area contributed by atoms with Crippen LogP contribution in [0.1, 0.15) is 75.3 Å².